The fourth-order valence-corrected chi connectivity index (χ4v) is 4.69. The predicted molar refractivity (Wildman–Crippen MR) is 119 cm³/mol. The van der Waals surface area contributed by atoms with Crippen LogP contribution < -0.4 is 14.8 Å². The third-order valence-corrected chi connectivity index (χ3v) is 6.63. The van der Waals surface area contributed by atoms with E-state index >= 15 is 0 Å². The van der Waals surface area contributed by atoms with Gasteiger partial charge in [-0.3, -0.25) is 19.7 Å². The van der Waals surface area contributed by atoms with Crippen molar-refractivity contribution in [2.75, 3.05) is 25.2 Å². The molecule has 32 heavy (non-hydrogen) atoms. The van der Waals surface area contributed by atoms with Crippen LogP contribution in [0.3, 0.4) is 0 Å². The molecule has 1 unspecified atom stereocenters. The third-order valence-electron chi connectivity index (χ3n) is 5.53. The number of nitro benzene ring substituents is 1. The molecule has 0 radical (unpaired) electrons. The molecule has 0 saturated carbocycles. The Morgan fingerprint density at radius 1 is 1.12 bits per heavy atom. The van der Waals surface area contributed by atoms with Crippen LogP contribution in [0.5, 0.6) is 11.5 Å². The maximum absolute atomic E-state index is 12.8. The summed E-state index contributed by atoms with van der Waals surface area (Å²) in [6.45, 7) is 3.04. The lowest BCUT2D eigenvalue weighted by Gasteiger charge is -2.33. The molecule has 2 aliphatic rings. The number of thioether (sulfide) groups is 1. The quantitative estimate of drug-likeness (QED) is 0.400. The number of nitro groups is 1. The summed E-state index contributed by atoms with van der Waals surface area (Å²) >= 11 is 1.37. The van der Waals surface area contributed by atoms with Gasteiger partial charge in [0.1, 0.15) is 0 Å². The van der Waals surface area contributed by atoms with Gasteiger partial charge >= 0.3 is 0 Å². The number of anilines is 1. The van der Waals surface area contributed by atoms with Gasteiger partial charge < -0.3 is 19.7 Å². The molecule has 2 aromatic rings. The second-order valence-electron chi connectivity index (χ2n) is 7.67. The number of likely N-dealkylation sites (tertiary alicyclic amines) is 1. The number of hydrogen-bond acceptors (Lipinski definition) is 7. The van der Waals surface area contributed by atoms with Gasteiger partial charge in [-0.25, -0.2) is 0 Å². The molecule has 0 aromatic heterocycles. The molecule has 4 rings (SSSR count). The van der Waals surface area contributed by atoms with Crippen molar-refractivity contribution in [1.82, 2.24) is 4.90 Å². The SMILES string of the molecule is CC(Sc1ccc([N+](=O)[O-])cc1)C(=O)N1CCC(C(=O)Nc2ccc3c(c2)OCO3)CC1. The molecule has 2 heterocycles. The molecule has 1 fully saturated rings. The Hall–Kier alpha value is -3.27. The highest BCUT2D eigenvalue weighted by Gasteiger charge is 2.30. The molecule has 9 nitrogen and oxygen atoms in total. The maximum Gasteiger partial charge on any atom is 0.269 e. The Kier molecular flexibility index (Phi) is 6.50. The summed E-state index contributed by atoms with van der Waals surface area (Å²) in [7, 11) is 0. The smallest absolute Gasteiger partial charge is 0.269 e. The number of nitrogens with one attached hydrogen (secondary N) is 1. The number of nitrogens with zero attached hydrogens (tertiary/aromatic N) is 2. The fraction of sp³-hybridized carbons (Fsp3) is 0.364. The van der Waals surface area contributed by atoms with Crippen molar-refractivity contribution in [2.45, 2.75) is 29.9 Å². The summed E-state index contributed by atoms with van der Waals surface area (Å²) in [4.78, 5) is 38.4. The van der Waals surface area contributed by atoms with Crippen molar-refractivity contribution >= 4 is 35.0 Å². The summed E-state index contributed by atoms with van der Waals surface area (Å²) < 4.78 is 10.6. The number of fused-ring (bicyclic) bond motifs is 1. The van der Waals surface area contributed by atoms with E-state index in [9.17, 15) is 19.7 Å². The number of benzene rings is 2. The Bertz CT molecular complexity index is 1020. The van der Waals surface area contributed by atoms with Gasteiger partial charge in [0, 0.05) is 47.8 Å². The number of non-ortho nitro benzene ring substituents is 1. The maximum atomic E-state index is 12.8. The molecule has 2 amide bonds. The second-order valence-corrected chi connectivity index (χ2v) is 9.08. The van der Waals surface area contributed by atoms with Crippen LogP contribution in [0.25, 0.3) is 0 Å². The monoisotopic (exact) mass is 457 g/mol. The first-order valence-corrected chi connectivity index (χ1v) is 11.2. The second kappa shape index (κ2) is 9.47. The average Bonchev–Trinajstić information content (AvgIpc) is 3.27. The van der Waals surface area contributed by atoms with E-state index in [0.717, 1.165) is 4.90 Å². The first-order chi connectivity index (χ1) is 15.4. The molecule has 0 spiro atoms. The number of amides is 2. The first-order valence-electron chi connectivity index (χ1n) is 10.3. The Balaban J connectivity index is 1.26. The van der Waals surface area contributed by atoms with E-state index < -0.39 is 4.92 Å². The van der Waals surface area contributed by atoms with E-state index in [0.29, 0.717) is 43.1 Å². The molecular formula is C22H23N3O6S. The molecule has 10 heteroatoms. The Morgan fingerprint density at radius 3 is 2.50 bits per heavy atom. The number of hydrogen-bond donors (Lipinski definition) is 1. The minimum absolute atomic E-state index is 0.00276. The van der Waals surface area contributed by atoms with Gasteiger partial charge in [0.2, 0.25) is 18.6 Å². The van der Waals surface area contributed by atoms with Crippen LogP contribution in [0.2, 0.25) is 0 Å². The minimum atomic E-state index is -0.449. The van der Waals surface area contributed by atoms with Gasteiger partial charge in [-0.15, -0.1) is 11.8 Å². The topological polar surface area (TPSA) is 111 Å². The van der Waals surface area contributed by atoms with Crippen LogP contribution in [0.1, 0.15) is 19.8 Å². The van der Waals surface area contributed by atoms with Crippen LogP contribution >= 0.6 is 11.8 Å². The lowest BCUT2D eigenvalue weighted by Crippen LogP contribution is -2.44. The highest BCUT2D eigenvalue weighted by atomic mass is 32.2. The minimum Gasteiger partial charge on any atom is -0.454 e. The van der Waals surface area contributed by atoms with Crippen molar-refractivity contribution in [1.29, 1.82) is 0 Å². The van der Waals surface area contributed by atoms with Gasteiger partial charge in [0.15, 0.2) is 11.5 Å². The first kappa shape index (κ1) is 21.9. The molecule has 1 N–H and O–H groups in total. The van der Waals surface area contributed by atoms with Crippen molar-refractivity contribution < 1.29 is 24.0 Å². The van der Waals surface area contributed by atoms with Crippen molar-refractivity contribution in [2.24, 2.45) is 5.92 Å². The van der Waals surface area contributed by atoms with Crippen molar-refractivity contribution in [3.8, 4) is 11.5 Å². The lowest BCUT2D eigenvalue weighted by atomic mass is 9.95. The fourth-order valence-electron chi connectivity index (χ4n) is 3.74. The Labute approximate surface area is 189 Å². The third kappa shape index (κ3) is 4.96. The summed E-state index contributed by atoms with van der Waals surface area (Å²) in [6, 6.07) is 11.5. The van der Waals surface area contributed by atoms with E-state index in [1.807, 2.05) is 6.92 Å². The standard InChI is InChI=1S/C22H23N3O6S/c1-14(32-18-5-3-17(4-6-18)25(28)29)22(27)24-10-8-15(9-11-24)21(26)23-16-2-7-19-20(12-16)31-13-30-19/h2-7,12,14-15H,8-11,13H2,1H3,(H,23,26). The molecule has 2 aliphatic heterocycles. The normalized spacial score (nSPS) is 16.5. The van der Waals surface area contributed by atoms with Gasteiger partial charge in [-0.05, 0) is 44.0 Å². The van der Waals surface area contributed by atoms with Crippen LogP contribution in [0.15, 0.2) is 47.4 Å². The van der Waals surface area contributed by atoms with Crippen molar-refractivity contribution in [3.63, 3.8) is 0 Å². The van der Waals surface area contributed by atoms with Crippen LogP contribution in [-0.2, 0) is 9.59 Å². The van der Waals surface area contributed by atoms with Gasteiger partial charge in [-0.1, -0.05) is 0 Å². The number of piperidine rings is 1. The summed E-state index contributed by atoms with van der Waals surface area (Å²) in [5.41, 5.74) is 0.681. The molecule has 2 aromatic carbocycles. The van der Waals surface area contributed by atoms with Crippen LogP contribution in [0, 0.1) is 16.0 Å². The van der Waals surface area contributed by atoms with Gasteiger partial charge in [0.05, 0.1) is 10.2 Å². The summed E-state index contributed by atoms with van der Waals surface area (Å²) in [5, 5.41) is 13.4. The van der Waals surface area contributed by atoms with E-state index in [1.165, 1.54) is 23.9 Å². The lowest BCUT2D eigenvalue weighted by molar-refractivity contribution is -0.384. The molecular weight excluding hydrogens is 434 g/mol. The van der Waals surface area contributed by atoms with Crippen LogP contribution in [0.4, 0.5) is 11.4 Å². The molecule has 168 valence electrons. The zero-order valence-corrected chi connectivity index (χ0v) is 18.3. The molecule has 0 aliphatic carbocycles. The highest BCUT2D eigenvalue weighted by Crippen LogP contribution is 2.34. The van der Waals surface area contributed by atoms with Crippen molar-refractivity contribution in [3.05, 3.63) is 52.6 Å². The number of ether oxygens (including phenoxy) is 2. The highest BCUT2D eigenvalue weighted by molar-refractivity contribution is 8.00. The summed E-state index contributed by atoms with van der Waals surface area (Å²) in [6.07, 6.45) is 1.19. The zero-order chi connectivity index (χ0) is 22.7. The number of rotatable bonds is 6. The number of carbonyl (C=O) groups excluding carboxylic acids is 2. The molecule has 1 saturated heterocycles. The molecule has 1 atom stereocenters. The zero-order valence-electron chi connectivity index (χ0n) is 17.5. The summed E-state index contributed by atoms with van der Waals surface area (Å²) in [5.74, 6) is 1.05. The van der Waals surface area contributed by atoms with Gasteiger partial charge in [0.25, 0.3) is 5.69 Å². The van der Waals surface area contributed by atoms with Crippen LogP contribution in [-0.4, -0.2) is 46.8 Å². The largest absolute Gasteiger partial charge is 0.454 e. The predicted octanol–water partition coefficient (Wildman–Crippen LogP) is 3.68. The van der Waals surface area contributed by atoms with Gasteiger partial charge in [-0.2, -0.15) is 0 Å². The Morgan fingerprint density at radius 2 is 1.81 bits per heavy atom. The van der Waals surface area contributed by atoms with E-state index in [2.05, 4.69) is 5.32 Å². The van der Waals surface area contributed by atoms with E-state index in [4.69, 9.17) is 9.47 Å². The average molecular weight is 458 g/mol. The molecule has 0 bridgehead atoms. The van der Waals surface area contributed by atoms with E-state index in [1.54, 1.807) is 35.2 Å². The van der Waals surface area contributed by atoms with E-state index in [-0.39, 0.29) is 35.5 Å². The number of carbonyl (C=O) groups is 2.